The molecule has 2 heteroatoms. The highest BCUT2D eigenvalue weighted by atomic mass is 28.3. The first-order chi connectivity index (χ1) is 11.4. The highest BCUT2D eigenvalue weighted by Crippen LogP contribution is 2.62. The Morgan fingerprint density at radius 2 is 1.54 bits per heavy atom. The lowest BCUT2D eigenvalue weighted by Crippen LogP contribution is -2.42. The van der Waals surface area contributed by atoms with Crippen molar-refractivity contribution in [2.45, 2.75) is 87.4 Å². The monoisotopic (exact) mass is 358 g/mol. The molecule has 0 heterocycles. The van der Waals surface area contributed by atoms with E-state index in [-0.39, 0.29) is 0 Å². The summed E-state index contributed by atoms with van der Waals surface area (Å²) in [6, 6.07) is 1.49. The van der Waals surface area contributed by atoms with Gasteiger partial charge in [0.2, 0.25) is 0 Å². The Morgan fingerprint density at radius 1 is 0.958 bits per heavy atom. The smallest absolute Gasteiger partial charge is 0.0576 e. The zero-order valence-corrected chi connectivity index (χ0v) is 18.4. The van der Waals surface area contributed by atoms with E-state index in [4.69, 9.17) is 0 Å². The molecule has 0 aromatic rings. The van der Waals surface area contributed by atoms with Crippen LogP contribution in [0.2, 0.25) is 48.9 Å². The van der Waals surface area contributed by atoms with Gasteiger partial charge in [0.05, 0.1) is 8.07 Å². The van der Waals surface area contributed by atoms with Gasteiger partial charge < -0.3 is 0 Å². The standard InChI is InChI=1S/C22H38Si2/c1-6-7-16-24(5,18-12-8-9-13-18)22-17-21(23(2,3)4)19-14-10-11-15-20(19)22/h6,10-11,14-15,18-22H,1,7-9,12-13,16-17H2,2-5H3. The fourth-order valence-corrected chi connectivity index (χ4v) is 15.0. The van der Waals surface area contributed by atoms with E-state index in [1.807, 2.05) is 0 Å². The van der Waals surface area contributed by atoms with E-state index >= 15 is 0 Å². The minimum Gasteiger partial charge on any atom is -0.103 e. The van der Waals surface area contributed by atoms with E-state index in [1.165, 1.54) is 44.6 Å². The molecular formula is C22H38Si2. The van der Waals surface area contributed by atoms with E-state index in [9.17, 15) is 0 Å². The van der Waals surface area contributed by atoms with E-state index in [1.54, 1.807) is 0 Å². The van der Waals surface area contributed by atoms with Crippen molar-refractivity contribution in [3.05, 3.63) is 37.0 Å². The fraction of sp³-hybridized carbons (Fsp3) is 0.727. The summed E-state index contributed by atoms with van der Waals surface area (Å²) in [6.45, 7) is 14.7. The second-order valence-corrected chi connectivity index (χ2v) is 20.6. The average molecular weight is 359 g/mol. The molecule has 0 bridgehead atoms. The van der Waals surface area contributed by atoms with Gasteiger partial charge in [-0.1, -0.05) is 94.7 Å². The molecule has 0 aliphatic heterocycles. The third-order valence-corrected chi connectivity index (χ3v) is 16.8. The van der Waals surface area contributed by atoms with Gasteiger partial charge in [0.25, 0.3) is 0 Å². The van der Waals surface area contributed by atoms with Gasteiger partial charge >= 0.3 is 0 Å². The number of hydrogen-bond donors (Lipinski definition) is 0. The van der Waals surface area contributed by atoms with Crippen molar-refractivity contribution in [2.75, 3.05) is 0 Å². The number of fused-ring (bicyclic) bond motifs is 1. The predicted molar refractivity (Wildman–Crippen MR) is 114 cm³/mol. The van der Waals surface area contributed by atoms with Crippen molar-refractivity contribution in [1.29, 1.82) is 0 Å². The Labute approximate surface area is 152 Å². The molecule has 0 nitrogen and oxygen atoms in total. The van der Waals surface area contributed by atoms with Crippen LogP contribution in [0.3, 0.4) is 0 Å². The van der Waals surface area contributed by atoms with Crippen molar-refractivity contribution in [2.24, 2.45) is 11.8 Å². The largest absolute Gasteiger partial charge is 0.103 e. The summed E-state index contributed by atoms with van der Waals surface area (Å²) < 4.78 is 0. The molecule has 24 heavy (non-hydrogen) atoms. The van der Waals surface area contributed by atoms with E-state index in [0.717, 1.165) is 28.5 Å². The molecule has 5 atom stereocenters. The lowest BCUT2D eigenvalue weighted by Gasteiger charge is -2.42. The van der Waals surface area contributed by atoms with Gasteiger partial charge in [0.15, 0.2) is 0 Å². The highest BCUT2D eigenvalue weighted by Gasteiger charge is 2.55. The molecule has 0 spiro atoms. The number of allylic oxidation sites excluding steroid dienone is 5. The SMILES string of the molecule is C=CCC[Si](C)(C1CCCC1)C1CC([Si](C)(C)C)C2C=CC=CC21. The molecule has 0 amide bonds. The molecule has 0 N–H and O–H groups in total. The van der Waals surface area contributed by atoms with Crippen LogP contribution in [-0.2, 0) is 0 Å². The zero-order valence-electron chi connectivity index (χ0n) is 16.4. The Kier molecular flexibility index (Phi) is 5.46. The van der Waals surface area contributed by atoms with Crippen LogP contribution in [0.5, 0.6) is 0 Å². The first-order valence-corrected chi connectivity index (χ1v) is 16.8. The van der Waals surface area contributed by atoms with Crippen LogP contribution in [0.15, 0.2) is 37.0 Å². The van der Waals surface area contributed by atoms with Gasteiger partial charge in [-0.2, -0.15) is 0 Å². The summed E-state index contributed by atoms with van der Waals surface area (Å²) in [5.41, 5.74) is 3.09. The van der Waals surface area contributed by atoms with Gasteiger partial charge in [-0.3, -0.25) is 0 Å². The van der Waals surface area contributed by atoms with Crippen LogP contribution in [0, 0.1) is 11.8 Å². The van der Waals surface area contributed by atoms with Crippen molar-refractivity contribution < 1.29 is 0 Å². The zero-order chi connectivity index (χ0) is 17.4. The molecular weight excluding hydrogens is 320 g/mol. The Morgan fingerprint density at radius 3 is 2.08 bits per heavy atom. The maximum Gasteiger partial charge on any atom is 0.0576 e. The third-order valence-electron chi connectivity index (χ3n) is 7.79. The number of rotatable bonds is 6. The minimum absolute atomic E-state index is 0.851. The molecule has 3 rings (SSSR count). The van der Waals surface area contributed by atoms with Gasteiger partial charge in [0, 0.05) is 8.07 Å². The topological polar surface area (TPSA) is 0 Å². The summed E-state index contributed by atoms with van der Waals surface area (Å²) in [5, 5.41) is 0. The van der Waals surface area contributed by atoms with Crippen LogP contribution >= 0.6 is 0 Å². The van der Waals surface area contributed by atoms with Crippen LogP contribution in [0.4, 0.5) is 0 Å². The molecule has 0 radical (unpaired) electrons. The van der Waals surface area contributed by atoms with Crippen LogP contribution in [0.1, 0.15) is 38.5 Å². The highest BCUT2D eigenvalue weighted by molar-refractivity contribution is 6.82. The maximum atomic E-state index is 4.06. The van der Waals surface area contributed by atoms with Gasteiger partial charge in [-0.15, -0.1) is 6.58 Å². The summed E-state index contributed by atoms with van der Waals surface area (Å²) in [7, 11) is -2.37. The minimum atomic E-state index is -1.27. The van der Waals surface area contributed by atoms with E-state index < -0.39 is 16.1 Å². The van der Waals surface area contributed by atoms with Crippen molar-refractivity contribution >= 4 is 16.1 Å². The van der Waals surface area contributed by atoms with Crippen molar-refractivity contribution in [1.82, 2.24) is 0 Å². The van der Waals surface area contributed by atoms with E-state index in [0.29, 0.717) is 0 Å². The summed E-state index contributed by atoms with van der Waals surface area (Å²) in [6.07, 6.45) is 20.9. The molecule has 0 aromatic carbocycles. The molecule has 134 valence electrons. The summed E-state index contributed by atoms with van der Waals surface area (Å²) in [5.74, 6) is 1.71. The average Bonchev–Trinajstić information content (AvgIpc) is 3.20. The lowest BCUT2D eigenvalue weighted by molar-refractivity contribution is 0.532. The van der Waals surface area contributed by atoms with E-state index in [2.05, 4.69) is 63.1 Å². The Bertz CT molecular complexity index is 507. The first kappa shape index (κ1) is 18.4. The van der Waals surface area contributed by atoms with Crippen LogP contribution in [-0.4, -0.2) is 16.1 Å². The molecule has 2 fully saturated rings. The fourth-order valence-electron chi connectivity index (χ4n) is 6.36. The van der Waals surface area contributed by atoms with Crippen molar-refractivity contribution in [3.63, 3.8) is 0 Å². The second-order valence-electron chi connectivity index (χ2n) is 10.1. The molecule has 3 aliphatic rings. The normalized spacial score (nSPS) is 35.8. The molecule has 0 aromatic heterocycles. The quantitative estimate of drug-likeness (QED) is 0.342. The van der Waals surface area contributed by atoms with Gasteiger partial charge in [0.1, 0.15) is 0 Å². The Hall–Kier alpha value is -0.346. The lowest BCUT2D eigenvalue weighted by atomic mass is 9.91. The predicted octanol–water partition coefficient (Wildman–Crippen LogP) is 7.43. The molecule has 3 aliphatic carbocycles. The third kappa shape index (κ3) is 3.33. The second kappa shape index (κ2) is 7.11. The maximum absolute atomic E-state index is 4.06. The van der Waals surface area contributed by atoms with Crippen LogP contribution in [0.25, 0.3) is 0 Å². The van der Waals surface area contributed by atoms with Gasteiger partial charge in [-0.05, 0) is 34.9 Å². The molecule has 5 unspecified atom stereocenters. The van der Waals surface area contributed by atoms with Gasteiger partial charge in [-0.25, -0.2) is 0 Å². The summed E-state index contributed by atoms with van der Waals surface area (Å²) >= 11 is 0. The first-order valence-electron chi connectivity index (χ1n) is 10.3. The summed E-state index contributed by atoms with van der Waals surface area (Å²) in [4.78, 5) is 0. The van der Waals surface area contributed by atoms with Crippen molar-refractivity contribution in [3.8, 4) is 0 Å². The Balaban J connectivity index is 1.93. The number of hydrogen-bond acceptors (Lipinski definition) is 0. The molecule has 0 saturated heterocycles. The molecule has 2 saturated carbocycles. The van der Waals surface area contributed by atoms with Crippen LogP contribution < -0.4 is 0 Å².